The van der Waals surface area contributed by atoms with Crippen LogP contribution in [-0.2, 0) is 13.1 Å². The molecule has 0 saturated carbocycles. The van der Waals surface area contributed by atoms with Crippen LogP contribution in [-0.4, -0.2) is 11.6 Å². The zero-order valence-electron chi connectivity index (χ0n) is 11.7. The van der Waals surface area contributed by atoms with Crippen molar-refractivity contribution < 1.29 is 0 Å². The molecule has 0 fully saturated rings. The number of hydrogen-bond acceptors (Lipinski definition) is 1. The Morgan fingerprint density at radius 2 is 1.86 bits per heavy atom. The SMILES string of the molecule is CNCc1cn(Cc2cc(Cl)ccc2Cl)c2ccccc12. The molecule has 0 saturated heterocycles. The smallest absolute Gasteiger partial charge is 0.0491 e. The molecule has 0 aliphatic carbocycles. The molecule has 108 valence electrons. The summed E-state index contributed by atoms with van der Waals surface area (Å²) in [6.45, 7) is 1.56. The molecule has 0 amide bonds. The Labute approximate surface area is 134 Å². The lowest BCUT2D eigenvalue weighted by Crippen LogP contribution is -2.04. The molecule has 3 aromatic rings. The summed E-state index contributed by atoms with van der Waals surface area (Å²) in [4.78, 5) is 0. The minimum atomic E-state index is 0.710. The number of aromatic nitrogens is 1. The summed E-state index contributed by atoms with van der Waals surface area (Å²) < 4.78 is 2.22. The quantitative estimate of drug-likeness (QED) is 0.736. The Hall–Kier alpha value is -1.48. The van der Waals surface area contributed by atoms with Gasteiger partial charge in [0.15, 0.2) is 0 Å². The lowest BCUT2D eigenvalue weighted by atomic mass is 10.2. The number of hydrogen-bond donors (Lipinski definition) is 1. The van der Waals surface area contributed by atoms with Crippen molar-refractivity contribution in [3.05, 3.63) is 69.8 Å². The van der Waals surface area contributed by atoms with Crippen LogP contribution < -0.4 is 5.32 Å². The molecule has 0 aliphatic rings. The van der Waals surface area contributed by atoms with Gasteiger partial charge in [0.05, 0.1) is 0 Å². The van der Waals surface area contributed by atoms with Crippen molar-refractivity contribution in [3.63, 3.8) is 0 Å². The monoisotopic (exact) mass is 318 g/mol. The van der Waals surface area contributed by atoms with E-state index in [2.05, 4.69) is 40.3 Å². The molecule has 4 heteroatoms. The average Bonchev–Trinajstić information content (AvgIpc) is 2.82. The molecular formula is C17H16Cl2N2. The van der Waals surface area contributed by atoms with Crippen LogP contribution in [0.5, 0.6) is 0 Å². The van der Waals surface area contributed by atoms with E-state index in [9.17, 15) is 0 Å². The van der Waals surface area contributed by atoms with Gasteiger partial charge in [0.1, 0.15) is 0 Å². The molecule has 3 rings (SSSR count). The van der Waals surface area contributed by atoms with Crippen molar-refractivity contribution in [2.24, 2.45) is 0 Å². The number of halogens is 2. The van der Waals surface area contributed by atoms with Crippen LogP contribution in [0.25, 0.3) is 10.9 Å². The van der Waals surface area contributed by atoms with Gasteiger partial charge in [-0.25, -0.2) is 0 Å². The number of rotatable bonds is 4. The summed E-state index contributed by atoms with van der Waals surface area (Å²) in [5.41, 5.74) is 3.52. The molecule has 0 aliphatic heterocycles. The summed E-state index contributed by atoms with van der Waals surface area (Å²) in [5.74, 6) is 0. The summed E-state index contributed by atoms with van der Waals surface area (Å²) in [6.07, 6.45) is 2.18. The van der Waals surface area contributed by atoms with Gasteiger partial charge in [-0.05, 0) is 42.4 Å². The maximum atomic E-state index is 6.28. The normalized spacial score (nSPS) is 11.2. The molecule has 0 bridgehead atoms. The van der Waals surface area contributed by atoms with Crippen molar-refractivity contribution in [2.75, 3.05) is 7.05 Å². The molecule has 1 aromatic heterocycles. The molecule has 1 N–H and O–H groups in total. The highest BCUT2D eigenvalue weighted by molar-refractivity contribution is 6.33. The first-order valence-corrected chi connectivity index (χ1v) is 7.60. The van der Waals surface area contributed by atoms with Crippen LogP contribution >= 0.6 is 23.2 Å². The highest BCUT2D eigenvalue weighted by Gasteiger charge is 2.09. The lowest BCUT2D eigenvalue weighted by Gasteiger charge is -2.08. The Morgan fingerprint density at radius 1 is 1.05 bits per heavy atom. The van der Waals surface area contributed by atoms with Crippen LogP contribution in [0.2, 0.25) is 10.0 Å². The van der Waals surface area contributed by atoms with E-state index in [1.807, 2.05) is 25.2 Å². The van der Waals surface area contributed by atoms with Crippen molar-refractivity contribution in [1.82, 2.24) is 9.88 Å². The molecule has 0 unspecified atom stereocenters. The Balaban J connectivity index is 2.06. The zero-order valence-corrected chi connectivity index (χ0v) is 13.2. The fourth-order valence-electron chi connectivity index (χ4n) is 2.63. The fourth-order valence-corrected chi connectivity index (χ4v) is 3.00. The van der Waals surface area contributed by atoms with E-state index in [0.717, 1.165) is 17.1 Å². The number of fused-ring (bicyclic) bond motifs is 1. The number of benzene rings is 2. The molecule has 21 heavy (non-hydrogen) atoms. The van der Waals surface area contributed by atoms with Crippen LogP contribution in [0.4, 0.5) is 0 Å². The first kappa shape index (κ1) is 14.5. The predicted octanol–water partition coefficient (Wildman–Crippen LogP) is 4.72. The summed E-state index contributed by atoms with van der Waals surface area (Å²) >= 11 is 12.4. The second-order valence-corrected chi connectivity index (χ2v) is 5.91. The van der Waals surface area contributed by atoms with Gasteiger partial charge < -0.3 is 9.88 Å². The maximum absolute atomic E-state index is 6.28. The van der Waals surface area contributed by atoms with Crippen molar-refractivity contribution in [2.45, 2.75) is 13.1 Å². The van der Waals surface area contributed by atoms with Gasteiger partial charge in [-0.1, -0.05) is 41.4 Å². The van der Waals surface area contributed by atoms with Crippen molar-refractivity contribution in [1.29, 1.82) is 0 Å². The molecule has 2 aromatic carbocycles. The molecule has 0 atom stereocenters. The standard InChI is InChI=1S/C17H16Cl2N2/c1-20-9-13-11-21(17-5-3-2-4-15(13)17)10-12-8-14(18)6-7-16(12)19/h2-8,11,20H,9-10H2,1H3. The minimum absolute atomic E-state index is 0.710. The maximum Gasteiger partial charge on any atom is 0.0491 e. The van der Waals surface area contributed by atoms with E-state index in [0.29, 0.717) is 11.6 Å². The number of para-hydroxylation sites is 1. The molecule has 0 radical (unpaired) electrons. The van der Waals surface area contributed by atoms with Crippen molar-refractivity contribution >= 4 is 34.1 Å². The Morgan fingerprint density at radius 3 is 2.67 bits per heavy atom. The van der Waals surface area contributed by atoms with E-state index in [1.54, 1.807) is 0 Å². The highest BCUT2D eigenvalue weighted by Crippen LogP contribution is 2.26. The van der Waals surface area contributed by atoms with Crippen molar-refractivity contribution in [3.8, 4) is 0 Å². The summed E-state index contributed by atoms with van der Waals surface area (Å²) in [5, 5.41) is 5.93. The molecular weight excluding hydrogens is 303 g/mol. The average molecular weight is 319 g/mol. The van der Waals surface area contributed by atoms with E-state index in [4.69, 9.17) is 23.2 Å². The van der Waals surface area contributed by atoms with Gasteiger partial charge in [-0.15, -0.1) is 0 Å². The lowest BCUT2D eigenvalue weighted by molar-refractivity contribution is 0.795. The van der Waals surface area contributed by atoms with Crippen LogP contribution in [0.15, 0.2) is 48.7 Å². The zero-order chi connectivity index (χ0) is 14.8. The van der Waals surface area contributed by atoms with Gasteiger partial charge in [-0.3, -0.25) is 0 Å². The first-order chi connectivity index (χ1) is 10.2. The second-order valence-electron chi connectivity index (χ2n) is 5.07. The third-order valence-electron chi connectivity index (χ3n) is 3.59. The highest BCUT2D eigenvalue weighted by atomic mass is 35.5. The molecule has 2 nitrogen and oxygen atoms in total. The largest absolute Gasteiger partial charge is 0.343 e. The number of nitrogens with zero attached hydrogens (tertiary/aromatic N) is 1. The van der Waals surface area contributed by atoms with Gasteiger partial charge in [0, 0.05) is 40.2 Å². The third kappa shape index (κ3) is 2.93. The Kier molecular flexibility index (Phi) is 4.20. The van der Waals surface area contributed by atoms with E-state index in [1.165, 1.54) is 16.5 Å². The Bertz CT molecular complexity index is 778. The van der Waals surface area contributed by atoms with Gasteiger partial charge in [0.2, 0.25) is 0 Å². The summed E-state index contributed by atoms with van der Waals surface area (Å²) in [6, 6.07) is 14.0. The van der Waals surface area contributed by atoms with Gasteiger partial charge >= 0.3 is 0 Å². The van der Waals surface area contributed by atoms with Crippen LogP contribution in [0.1, 0.15) is 11.1 Å². The van der Waals surface area contributed by atoms with E-state index >= 15 is 0 Å². The number of nitrogens with one attached hydrogen (secondary N) is 1. The van der Waals surface area contributed by atoms with E-state index in [-0.39, 0.29) is 0 Å². The predicted molar refractivity (Wildman–Crippen MR) is 90.3 cm³/mol. The first-order valence-electron chi connectivity index (χ1n) is 6.84. The summed E-state index contributed by atoms with van der Waals surface area (Å²) in [7, 11) is 1.96. The minimum Gasteiger partial charge on any atom is -0.343 e. The van der Waals surface area contributed by atoms with Gasteiger partial charge in [-0.2, -0.15) is 0 Å². The molecule has 1 heterocycles. The van der Waals surface area contributed by atoms with Gasteiger partial charge in [0.25, 0.3) is 0 Å². The molecule has 0 spiro atoms. The fraction of sp³-hybridized carbons (Fsp3) is 0.176. The third-order valence-corrected chi connectivity index (χ3v) is 4.19. The van der Waals surface area contributed by atoms with Crippen LogP contribution in [0, 0.1) is 0 Å². The van der Waals surface area contributed by atoms with Crippen LogP contribution in [0.3, 0.4) is 0 Å². The topological polar surface area (TPSA) is 17.0 Å². The second kappa shape index (κ2) is 6.10. The van der Waals surface area contributed by atoms with E-state index < -0.39 is 0 Å².